The Morgan fingerprint density at radius 1 is 1.29 bits per heavy atom. The van der Waals surface area contributed by atoms with E-state index in [1.807, 2.05) is 0 Å². The lowest BCUT2D eigenvalue weighted by atomic mass is 10.1. The number of carbonyl (C=O) groups is 1. The minimum absolute atomic E-state index is 0.102. The van der Waals surface area contributed by atoms with E-state index in [4.69, 9.17) is 18.9 Å². The Kier molecular flexibility index (Phi) is 4.37. The van der Waals surface area contributed by atoms with Crippen LogP contribution in [0.1, 0.15) is 20.8 Å². The Bertz CT molecular complexity index is 719. The normalized spacial score (nSPS) is 31.6. The van der Waals surface area contributed by atoms with Crippen molar-refractivity contribution in [3.63, 3.8) is 0 Å². The topological polar surface area (TPSA) is 101 Å². The predicted octanol–water partition coefficient (Wildman–Crippen LogP) is 0.663. The van der Waals surface area contributed by atoms with Gasteiger partial charge in [0.2, 0.25) is 9.84 Å². The van der Waals surface area contributed by atoms with Crippen molar-refractivity contribution in [2.45, 2.75) is 55.3 Å². The molecule has 0 aliphatic carbocycles. The van der Waals surface area contributed by atoms with Crippen LogP contribution in [-0.2, 0) is 33.6 Å². The minimum atomic E-state index is -3.89. The number of ether oxygens (including phenoxy) is 4. The van der Waals surface area contributed by atoms with Crippen LogP contribution in [0.25, 0.3) is 0 Å². The van der Waals surface area contributed by atoms with E-state index in [-0.39, 0.29) is 11.6 Å². The highest BCUT2D eigenvalue weighted by Gasteiger charge is 2.59. The van der Waals surface area contributed by atoms with Crippen molar-refractivity contribution in [1.29, 1.82) is 0 Å². The molecule has 0 radical (unpaired) electrons. The third-order valence-electron chi connectivity index (χ3n) is 3.79. The quantitative estimate of drug-likeness (QED) is 0.725. The van der Waals surface area contributed by atoms with E-state index in [1.54, 1.807) is 26.0 Å². The van der Waals surface area contributed by atoms with Gasteiger partial charge in [-0.15, -0.1) is 0 Å². The van der Waals surface area contributed by atoms with Crippen LogP contribution in [0.2, 0.25) is 0 Å². The molecule has 9 heteroatoms. The van der Waals surface area contributed by atoms with Crippen molar-refractivity contribution in [2.75, 3.05) is 6.61 Å². The van der Waals surface area contributed by atoms with Crippen LogP contribution >= 0.6 is 0 Å². The molecule has 24 heavy (non-hydrogen) atoms. The van der Waals surface area contributed by atoms with Crippen LogP contribution in [0.3, 0.4) is 0 Å². The lowest BCUT2D eigenvalue weighted by Gasteiger charge is -2.23. The number of sulfone groups is 1. The molecule has 0 bridgehead atoms. The fourth-order valence-corrected chi connectivity index (χ4v) is 4.43. The third kappa shape index (κ3) is 3.16. The van der Waals surface area contributed by atoms with Crippen LogP contribution in [-0.4, -0.2) is 55.5 Å². The Morgan fingerprint density at radius 3 is 2.62 bits per heavy atom. The van der Waals surface area contributed by atoms with Gasteiger partial charge in [0, 0.05) is 13.1 Å². The summed E-state index contributed by atoms with van der Waals surface area (Å²) in [6.07, 6.45) is -0.814. The predicted molar refractivity (Wildman–Crippen MR) is 80.5 cm³/mol. The molecule has 1 aromatic heterocycles. The Balaban J connectivity index is 1.89. The highest BCUT2D eigenvalue weighted by molar-refractivity contribution is 7.91. The first kappa shape index (κ1) is 17.3. The fourth-order valence-electron chi connectivity index (χ4n) is 2.86. The molecule has 4 atom stereocenters. The molecule has 0 spiro atoms. The van der Waals surface area contributed by atoms with Gasteiger partial charge in [0.15, 0.2) is 16.2 Å². The molecule has 0 unspecified atom stereocenters. The molecule has 2 aliphatic heterocycles. The summed E-state index contributed by atoms with van der Waals surface area (Å²) in [5.74, 6) is -1.43. The van der Waals surface area contributed by atoms with Gasteiger partial charge in [-0.05, 0) is 26.0 Å². The monoisotopic (exact) mass is 357 g/mol. The molecular formula is C15H19NO7S. The lowest BCUT2D eigenvalue weighted by molar-refractivity contribution is -0.184. The summed E-state index contributed by atoms with van der Waals surface area (Å²) in [5, 5.41) is -0.102. The van der Waals surface area contributed by atoms with Gasteiger partial charge < -0.3 is 18.9 Å². The summed E-state index contributed by atoms with van der Waals surface area (Å²) < 4.78 is 47.8. The molecule has 132 valence electrons. The number of fused-ring (bicyclic) bond motifs is 1. The van der Waals surface area contributed by atoms with E-state index >= 15 is 0 Å². The number of pyridine rings is 1. The summed E-state index contributed by atoms with van der Waals surface area (Å²) in [6, 6.07) is 4.60. The highest BCUT2D eigenvalue weighted by atomic mass is 32.2. The van der Waals surface area contributed by atoms with E-state index < -0.39 is 45.3 Å². The van der Waals surface area contributed by atoms with Crippen LogP contribution in [0.5, 0.6) is 0 Å². The molecule has 0 saturated carbocycles. The maximum atomic E-state index is 12.8. The second kappa shape index (κ2) is 6.07. The highest BCUT2D eigenvalue weighted by Crippen LogP contribution is 2.41. The second-order valence-electron chi connectivity index (χ2n) is 6.12. The van der Waals surface area contributed by atoms with Gasteiger partial charge in [0.05, 0.1) is 0 Å². The number of carbonyl (C=O) groups excluding carboxylic acids is 1. The lowest BCUT2D eigenvalue weighted by Crippen LogP contribution is -2.36. The van der Waals surface area contributed by atoms with Gasteiger partial charge >= 0.3 is 5.97 Å². The average molecular weight is 357 g/mol. The number of nitrogens with zero attached hydrogens (tertiary/aromatic N) is 1. The van der Waals surface area contributed by atoms with E-state index in [9.17, 15) is 13.2 Å². The van der Waals surface area contributed by atoms with Crippen LogP contribution in [0.4, 0.5) is 0 Å². The molecule has 2 saturated heterocycles. The van der Waals surface area contributed by atoms with Crippen molar-refractivity contribution in [3.05, 3.63) is 24.4 Å². The van der Waals surface area contributed by atoms with Crippen molar-refractivity contribution in [1.82, 2.24) is 4.98 Å². The molecule has 0 N–H and O–H groups in total. The first-order valence-corrected chi connectivity index (χ1v) is 9.05. The van der Waals surface area contributed by atoms with Gasteiger partial charge in [-0.1, -0.05) is 6.07 Å². The summed E-state index contributed by atoms with van der Waals surface area (Å²) in [7, 11) is -3.89. The Labute approximate surface area is 140 Å². The zero-order chi connectivity index (χ0) is 17.5. The maximum Gasteiger partial charge on any atom is 0.302 e. The van der Waals surface area contributed by atoms with Crippen molar-refractivity contribution in [2.24, 2.45) is 0 Å². The van der Waals surface area contributed by atoms with Gasteiger partial charge in [0.25, 0.3) is 0 Å². The molecule has 0 amide bonds. The molecule has 0 aromatic carbocycles. The second-order valence-corrected chi connectivity index (χ2v) is 8.10. The zero-order valence-corrected chi connectivity index (χ0v) is 14.4. The third-order valence-corrected chi connectivity index (χ3v) is 5.61. The SMILES string of the molecule is CC(=O)OC[C@H]1O[C@@H](S(=O)(=O)c2ccccn2)[C@@H]2OC(C)(C)O[C@@H]21. The number of aromatic nitrogens is 1. The molecule has 8 nitrogen and oxygen atoms in total. The minimum Gasteiger partial charge on any atom is -0.463 e. The smallest absolute Gasteiger partial charge is 0.302 e. The van der Waals surface area contributed by atoms with Gasteiger partial charge in [-0.2, -0.15) is 0 Å². The van der Waals surface area contributed by atoms with Gasteiger partial charge in [-0.25, -0.2) is 13.4 Å². The molecule has 3 rings (SSSR count). The first-order chi connectivity index (χ1) is 11.2. The average Bonchev–Trinajstić information content (AvgIpc) is 2.99. The standard InChI is InChI=1S/C15H19NO7S/c1-9(17)20-8-10-12-13(23-15(2,3)22-12)14(21-10)24(18,19)11-6-4-5-7-16-11/h4-7,10,12-14H,8H2,1-3H3/t10-,12-,13-,14+/m1/s1. The Hall–Kier alpha value is -1.55. The van der Waals surface area contributed by atoms with Gasteiger partial charge in [-0.3, -0.25) is 4.79 Å². The van der Waals surface area contributed by atoms with Crippen LogP contribution < -0.4 is 0 Å². The maximum absolute atomic E-state index is 12.8. The molecule has 2 fully saturated rings. The fraction of sp³-hybridized carbons (Fsp3) is 0.600. The van der Waals surface area contributed by atoms with Crippen LogP contribution in [0, 0.1) is 0 Å². The number of hydrogen-bond donors (Lipinski definition) is 0. The largest absolute Gasteiger partial charge is 0.463 e. The van der Waals surface area contributed by atoms with E-state index in [2.05, 4.69) is 4.98 Å². The molecule has 1 aromatic rings. The van der Waals surface area contributed by atoms with Crippen LogP contribution in [0.15, 0.2) is 29.4 Å². The van der Waals surface area contributed by atoms with E-state index in [0.717, 1.165) is 0 Å². The van der Waals surface area contributed by atoms with Crippen molar-refractivity contribution < 1.29 is 32.2 Å². The number of esters is 1. The molecule has 3 heterocycles. The Morgan fingerprint density at radius 2 is 2.00 bits per heavy atom. The van der Waals surface area contributed by atoms with Crippen molar-refractivity contribution in [3.8, 4) is 0 Å². The number of hydrogen-bond acceptors (Lipinski definition) is 8. The summed E-state index contributed by atoms with van der Waals surface area (Å²) >= 11 is 0. The molecular weight excluding hydrogens is 338 g/mol. The van der Waals surface area contributed by atoms with Gasteiger partial charge in [0.1, 0.15) is 24.9 Å². The number of rotatable bonds is 4. The zero-order valence-electron chi connectivity index (χ0n) is 13.5. The summed E-state index contributed by atoms with van der Waals surface area (Å²) in [4.78, 5) is 14.9. The van der Waals surface area contributed by atoms with E-state index in [1.165, 1.54) is 19.2 Å². The summed E-state index contributed by atoms with van der Waals surface area (Å²) in [5.41, 5.74) is -1.28. The summed E-state index contributed by atoms with van der Waals surface area (Å²) in [6.45, 7) is 4.55. The van der Waals surface area contributed by atoms with Crippen molar-refractivity contribution >= 4 is 15.8 Å². The first-order valence-electron chi connectivity index (χ1n) is 7.50. The van der Waals surface area contributed by atoms with E-state index in [0.29, 0.717) is 0 Å². The molecule has 2 aliphatic rings.